The Morgan fingerprint density at radius 3 is 2.64 bits per heavy atom. The van der Waals surface area contributed by atoms with Crippen molar-refractivity contribution in [2.75, 3.05) is 7.11 Å². The first kappa shape index (κ1) is 18.1. The molecule has 4 rings (SSSR count). The number of nitrogens with one attached hydrogen (secondary N) is 1. The van der Waals surface area contributed by atoms with Crippen LogP contribution in [0.3, 0.4) is 0 Å². The monoisotopic (exact) mass is 397 g/mol. The standard InChI is InChI=1S/C20H16ClN3O4/c1-11-15(10-17-19(25)23-28-22-17)16-9-14(27-2)7-8-18(16)24(11)20(26)12-3-5-13(21)6-4-12/h3-9H,10H2,1-2H3,(H,23,25). The van der Waals surface area contributed by atoms with Crippen LogP contribution in [0.15, 0.2) is 51.9 Å². The zero-order valence-corrected chi connectivity index (χ0v) is 15.9. The Labute approximate surface area is 164 Å². The van der Waals surface area contributed by atoms with Gasteiger partial charge in [-0.3, -0.25) is 18.8 Å². The highest BCUT2D eigenvalue weighted by Gasteiger charge is 2.22. The molecule has 0 aliphatic carbocycles. The fourth-order valence-electron chi connectivity index (χ4n) is 3.30. The van der Waals surface area contributed by atoms with Crippen molar-refractivity contribution in [1.29, 1.82) is 0 Å². The summed E-state index contributed by atoms with van der Waals surface area (Å²) in [6.07, 6.45) is 0.224. The van der Waals surface area contributed by atoms with Gasteiger partial charge < -0.3 is 4.74 Å². The SMILES string of the molecule is COc1ccc2c(c1)c(Cc1no[nH]c1=O)c(C)n2C(=O)c1ccc(Cl)cc1. The number of nitrogens with zero attached hydrogens (tertiary/aromatic N) is 2. The molecule has 0 bridgehead atoms. The van der Waals surface area contributed by atoms with E-state index in [-0.39, 0.29) is 18.0 Å². The highest BCUT2D eigenvalue weighted by atomic mass is 35.5. The number of methoxy groups -OCH3 is 1. The smallest absolute Gasteiger partial charge is 0.304 e. The Balaban J connectivity index is 1.92. The minimum atomic E-state index is -0.396. The van der Waals surface area contributed by atoms with Gasteiger partial charge in [0.05, 0.1) is 12.6 Å². The Morgan fingerprint density at radius 1 is 1.25 bits per heavy atom. The predicted octanol–water partition coefficient (Wildman–Crippen LogP) is 3.57. The van der Waals surface area contributed by atoms with E-state index in [1.165, 1.54) is 0 Å². The maximum Gasteiger partial charge on any atom is 0.304 e. The van der Waals surface area contributed by atoms with E-state index < -0.39 is 5.56 Å². The van der Waals surface area contributed by atoms with Crippen molar-refractivity contribution in [2.45, 2.75) is 13.3 Å². The van der Waals surface area contributed by atoms with Gasteiger partial charge in [-0.2, -0.15) is 5.16 Å². The third-order valence-corrected chi connectivity index (χ3v) is 4.99. The second-order valence-corrected chi connectivity index (χ2v) is 6.77. The van der Waals surface area contributed by atoms with Crippen LogP contribution >= 0.6 is 11.6 Å². The van der Waals surface area contributed by atoms with E-state index in [1.54, 1.807) is 42.0 Å². The second kappa shape index (κ2) is 7.01. The van der Waals surface area contributed by atoms with E-state index in [2.05, 4.69) is 14.9 Å². The molecule has 1 N–H and O–H groups in total. The first-order valence-corrected chi connectivity index (χ1v) is 8.89. The summed E-state index contributed by atoms with van der Waals surface area (Å²) in [7, 11) is 1.58. The van der Waals surface area contributed by atoms with Gasteiger partial charge >= 0.3 is 5.56 Å². The van der Waals surface area contributed by atoms with Crippen molar-refractivity contribution in [3.63, 3.8) is 0 Å². The molecule has 0 aliphatic heterocycles. The van der Waals surface area contributed by atoms with Gasteiger partial charge in [0.2, 0.25) is 0 Å². The molecule has 0 amide bonds. The molecule has 4 aromatic rings. The normalized spacial score (nSPS) is 11.1. The Kier molecular flexibility index (Phi) is 4.52. The van der Waals surface area contributed by atoms with E-state index in [0.717, 1.165) is 10.9 Å². The molecule has 2 aromatic heterocycles. The highest BCUT2D eigenvalue weighted by Crippen LogP contribution is 2.31. The zero-order chi connectivity index (χ0) is 19.8. The number of H-pyrrole nitrogens is 1. The maximum atomic E-state index is 13.2. The number of aromatic nitrogens is 3. The largest absolute Gasteiger partial charge is 0.497 e. The summed E-state index contributed by atoms with van der Waals surface area (Å²) >= 11 is 5.94. The molecular weight excluding hydrogens is 382 g/mol. The number of aromatic amines is 1. The maximum absolute atomic E-state index is 13.2. The predicted molar refractivity (Wildman–Crippen MR) is 104 cm³/mol. The molecule has 2 heterocycles. The number of carbonyl (C=O) groups excluding carboxylic acids is 1. The average molecular weight is 398 g/mol. The lowest BCUT2D eigenvalue weighted by Crippen LogP contribution is -2.14. The quantitative estimate of drug-likeness (QED) is 0.568. The number of hydrogen-bond acceptors (Lipinski definition) is 5. The van der Waals surface area contributed by atoms with Gasteiger partial charge in [0.25, 0.3) is 5.91 Å². The Morgan fingerprint density at radius 2 is 2.00 bits per heavy atom. The minimum Gasteiger partial charge on any atom is -0.497 e. The van der Waals surface area contributed by atoms with Crippen molar-refractivity contribution in [2.24, 2.45) is 0 Å². The lowest BCUT2D eigenvalue weighted by atomic mass is 10.1. The second-order valence-electron chi connectivity index (χ2n) is 6.33. The van der Waals surface area contributed by atoms with Crippen LogP contribution in [0.4, 0.5) is 0 Å². The third kappa shape index (κ3) is 2.99. The van der Waals surface area contributed by atoms with Crippen LogP contribution in [-0.2, 0) is 6.42 Å². The molecule has 0 aliphatic rings. The molecule has 142 valence electrons. The Hall–Kier alpha value is -3.32. The van der Waals surface area contributed by atoms with E-state index in [9.17, 15) is 9.59 Å². The molecule has 0 unspecified atom stereocenters. The molecule has 28 heavy (non-hydrogen) atoms. The lowest BCUT2D eigenvalue weighted by molar-refractivity contribution is 0.0963. The van der Waals surface area contributed by atoms with Gasteiger partial charge in [-0.25, -0.2) is 0 Å². The molecular formula is C20H16ClN3O4. The van der Waals surface area contributed by atoms with Crippen molar-refractivity contribution >= 4 is 28.4 Å². The van der Waals surface area contributed by atoms with Crippen molar-refractivity contribution in [3.05, 3.63) is 80.4 Å². The van der Waals surface area contributed by atoms with E-state index in [0.29, 0.717) is 27.5 Å². The lowest BCUT2D eigenvalue weighted by Gasteiger charge is -2.08. The number of halogens is 1. The fourth-order valence-corrected chi connectivity index (χ4v) is 3.42. The summed E-state index contributed by atoms with van der Waals surface area (Å²) in [5, 5.41) is 7.29. The summed E-state index contributed by atoms with van der Waals surface area (Å²) < 4.78 is 11.6. The topological polar surface area (TPSA) is 90.1 Å². The van der Waals surface area contributed by atoms with Gasteiger partial charge in [0, 0.05) is 28.1 Å². The summed E-state index contributed by atoms with van der Waals surface area (Å²) in [6.45, 7) is 1.84. The van der Waals surface area contributed by atoms with E-state index >= 15 is 0 Å². The van der Waals surface area contributed by atoms with Crippen molar-refractivity contribution in [3.8, 4) is 5.75 Å². The molecule has 0 radical (unpaired) electrons. The molecule has 0 fully saturated rings. The van der Waals surface area contributed by atoms with Crippen molar-refractivity contribution in [1.82, 2.24) is 14.9 Å². The van der Waals surface area contributed by atoms with Gasteiger partial charge in [0.15, 0.2) is 5.69 Å². The van der Waals surface area contributed by atoms with Crippen LogP contribution in [0.2, 0.25) is 5.02 Å². The highest BCUT2D eigenvalue weighted by molar-refractivity contribution is 6.30. The van der Waals surface area contributed by atoms with Gasteiger partial charge in [-0.15, -0.1) is 0 Å². The molecule has 2 aromatic carbocycles. The zero-order valence-electron chi connectivity index (χ0n) is 15.2. The van der Waals surface area contributed by atoms with Crippen molar-refractivity contribution < 1.29 is 14.2 Å². The summed E-state index contributed by atoms with van der Waals surface area (Å²) in [6, 6.07) is 12.2. The molecule has 0 saturated carbocycles. The average Bonchev–Trinajstić information content (AvgIpc) is 3.22. The van der Waals surface area contributed by atoms with Gasteiger partial charge in [-0.05, 0) is 55.0 Å². The van der Waals surface area contributed by atoms with Crippen LogP contribution < -0.4 is 10.3 Å². The van der Waals surface area contributed by atoms with Crippen LogP contribution in [0, 0.1) is 6.92 Å². The molecule has 8 heteroatoms. The first-order valence-electron chi connectivity index (χ1n) is 8.51. The minimum absolute atomic E-state index is 0.190. The number of carbonyl (C=O) groups is 1. The summed E-state index contributed by atoms with van der Waals surface area (Å²) in [5.41, 5.74) is 2.58. The van der Waals surface area contributed by atoms with Crippen LogP contribution in [0.5, 0.6) is 5.75 Å². The molecule has 0 spiro atoms. The summed E-state index contributed by atoms with van der Waals surface area (Å²) in [5.74, 6) is 0.462. The van der Waals surface area contributed by atoms with Crippen LogP contribution in [0.25, 0.3) is 10.9 Å². The molecule has 0 atom stereocenters. The Bertz CT molecular complexity index is 1230. The number of ether oxygens (including phenoxy) is 1. The number of benzene rings is 2. The number of hydrogen-bond donors (Lipinski definition) is 1. The van der Waals surface area contributed by atoms with Crippen LogP contribution in [-0.4, -0.2) is 27.9 Å². The number of rotatable bonds is 4. The third-order valence-electron chi connectivity index (χ3n) is 4.74. The van der Waals surface area contributed by atoms with E-state index in [4.69, 9.17) is 16.3 Å². The number of fused-ring (bicyclic) bond motifs is 1. The van der Waals surface area contributed by atoms with Crippen LogP contribution in [0.1, 0.15) is 27.3 Å². The van der Waals surface area contributed by atoms with Gasteiger partial charge in [0.1, 0.15) is 5.75 Å². The molecule has 7 nitrogen and oxygen atoms in total. The van der Waals surface area contributed by atoms with E-state index in [1.807, 2.05) is 19.1 Å². The summed E-state index contributed by atoms with van der Waals surface area (Å²) in [4.78, 5) is 25.1. The fraction of sp³-hybridized carbons (Fsp3) is 0.150. The molecule has 0 saturated heterocycles. The van der Waals surface area contributed by atoms with Gasteiger partial charge in [-0.1, -0.05) is 16.8 Å². The first-order chi connectivity index (χ1) is 13.5.